The van der Waals surface area contributed by atoms with Gasteiger partial charge in [0.05, 0.1) is 31.4 Å². The monoisotopic (exact) mass is 743 g/mol. The highest BCUT2D eigenvalue weighted by Gasteiger charge is 2.25. The molecule has 0 aromatic heterocycles. The molecular formula is C49H110B4. The standard InChI is InChI=1S/C8H18.C7H16.C6H12B2.2C6H13B.C6H14.2C5H12/c1-6-7(2)8(3,4)5;1-5-6-7(2,3)4;1-5(2,3)6(4,7)8;2*1-5(7)6(2,3)4;1-5-6(2,3)4;2*1-5(2,3)4/h7H,6H2,1-5H3;5-6H2,1-4H3;1-4H3;2*5H,1-4H3;5H2,1-4H3;2*1-4H3. The molecule has 0 spiro atoms. The minimum Gasteiger partial charge on any atom is -0.0970 e. The van der Waals surface area contributed by atoms with Crippen LogP contribution in [-0.4, -0.2) is 31.4 Å². The van der Waals surface area contributed by atoms with Gasteiger partial charge in [-0.05, 0) is 55.7 Å². The van der Waals surface area contributed by atoms with Gasteiger partial charge < -0.3 is 0 Å². The maximum Gasteiger partial charge on any atom is 0.0702 e. The van der Waals surface area contributed by atoms with Crippen LogP contribution in [-0.2, 0) is 0 Å². The highest BCUT2D eigenvalue weighted by molar-refractivity contribution is 6.40. The van der Waals surface area contributed by atoms with E-state index in [0.717, 1.165) is 5.92 Å². The molecular weight excluding hydrogens is 632 g/mol. The van der Waals surface area contributed by atoms with E-state index in [9.17, 15) is 0 Å². The first-order valence-electron chi connectivity index (χ1n) is 21.3. The van der Waals surface area contributed by atoms with Gasteiger partial charge in [0.2, 0.25) is 0 Å². The average Bonchev–Trinajstić information content (AvgIpc) is 2.79. The summed E-state index contributed by atoms with van der Waals surface area (Å²) in [6.07, 6.45) is 5.22. The summed E-state index contributed by atoms with van der Waals surface area (Å²) in [5.41, 5.74) is 3.15. The Morgan fingerprint density at radius 3 is 0.566 bits per heavy atom. The van der Waals surface area contributed by atoms with Gasteiger partial charge in [-0.3, -0.25) is 0 Å². The molecule has 0 aliphatic carbocycles. The number of rotatable bonds is 2. The minimum absolute atomic E-state index is 0.00694. The van der Waals surface area contributed by atoms with E-state index < -0.39 is 5.21 Å². The maximum absolute atomic E-state index is 5.59. The Kier molecular flexibility index (Phi) is 40.7. The van der Waals surface area contributed by atoms with Gasteiger partial charge in [-0.25, -0.2) is 0 Å². The van der Waals surface area contributed by atoms with Crippen LogP contribution in [0.5, 0.6) is 0 Å². The third-order valence-electron chi connectivity index (χ3n) is 8.50. The molecule has 8 radical (unpaired) electrons. The lowest BCUT2D eigenvalue weighted by atomic mass is 9.45. The van der Waals surface area contributed by atoms with Crippen molar-refractivity contribution in [3.05, 3.63) is 0 Å². The van der Waals surface area contributed by atoms with E-state index in [-0.39, 0.29) is 16.2 Å². The molecule has 0 aliphatic heterocycles. The smallest absolute Gasteiger partial charge is 0.0702 e. The fourth-order valence-electron chi connectivity index (χ4n) is 1.36. The molecule has 0 bridgehead atoms. The molecule has 0 heterocycles. The van der Waals surface area contributed by atoms with Gasteiger partial charge in [0, 0.05) is 0 Å². The van der Waals surface area contributed by atoms with Crippen molar-refractivity contribution in [2.45, 2.75) is 271 Å². The lowest BCUT2D eigenvalue weighted by Gasteiger charge is -2.36. The second-order valence-electron chi connectivity index (χ2n) is 25.7. The predicted molar refractivity (Wildman–Crippen MR) is 262 cm³/mol. The van der Waals surface area contributed by atoms with Crippen LogP contribution >= 0.6 is 0 Å². The first-order valence-corrected chi connectivity index (χ1v) is 21.3. The second kappa shape index (κ2) is 30.4. The second-order valence-corrected chi connectivity index (χ2v) is 25.7. The third kappa shape index (κ3) is 100. The van der Waals surface area contributed by atoms with Crippen LogP contribution in [0, 0.1) is 49.2 Å². The molecule has 0 N–H and O–H groups in total. The van der Waals surface area contributed by atoms with Crippen LogP contribution in [0.2, 0.25) is 16.8 Å². The molecule has 0 rings (SSSR count). The van der Waals surface area contributed by atoms with Crippen molar-refractivity contribution in [1.29, 1.82) is 0 Å². The summed E-state index contributed by atoms with van der Waals surface area (Å²) in [5, 5.41) is -0.562. The lowest BCUT2D eigenvalue weighted by molar-refractivity contribution is 0.254. The SMILES string of the molecule is CC(C)(C)C.CC(C)(C)C.CCC(C)(C)C.CCC(C)C(C)(C)C.CCCC(C)(C)C.[B]C(C)C(C)(C)C.[B]C(C)C(C)(C)C.[B]C([B])(C)C(C)(C)C. The summed E-state index contributed by atoms with van der Waals surface area (Å²) in [4.78, 5) is 0. The summed E-state index contributed by atoms with van der Waals surface area (Å²) >= 11 is 0. The molecule has 3 unspecified atom stereocenters. The molecule has 0 aromatic carbocycles. The van der Waals surface area contributed by atoms with E-state index in [2.05, 4.69) is 187 Å². The Morgan fingerprint density at radius 1 is 0.396 bits per heavy atom. The fourth-order valence-corrected chi connectivity index (χ4v) is 1.36. The number of hydrogen-bond acceptors (Lipinski definition) is 0. The molecule has 4 heteroatoms. The normalized spacial score (nSPS) is 14.1. The van der Waals surface area contributed by atoms with E-state index in [0.29, 0.717) is 38.7 Å². The van der Waals surface area contributed by atoms with Crippen molar-refractivity contribution in [2.75, 3.05) is 0 Å². The molecule has 0 saturated carbocycles. The summed E-state index contributed by atoms with van der Waals surface area (Å²) < 4.78 is 0. The molecule has 0 fully saturated rings. The van der Waals surface area contributed by atoms with Gasteiger partial charge in [0.15, 0.2) is 0 Å². The van der Waals surface area contributed by atoms with Crippen LogP contribution in [0.15, 0.2) is 0 Å². The third-order valence-corrected chi connectivity index (χ3v) is 8.50. The van der Waals surface area contributed by atoms with Gasteiger partial charge in [-0.1, -0.05) is 265 Å². The molecule has 0 nitrogen and oxygen atoms in total. The van der Waals surface area contributed by atoms with E-state index in [1.165, 1.54) is 25.7 Å². The Balaban J connectivity index is -0.0000000732. The van der Waals surface area contributed by atoms with E-state index in [1.54, 1.807) is 0 Å². The molecule has 0 aromatic rings. The quantitative estimate of drug-likeness (QED) is 0.247. The van der Waals surface area contributed by atoms with Gasteiger partial charge in [-0.2, -0.15) is 0 Å². The van der Waals surface area contributed by atoms with Crippen LogP contribution in [0.1, 0.15) is 254 Å². The van der Waals surface area contributed by atoms with E-state index in [4.69, 9.17) is 31.4 Å². The van der Waals surface area contributed by atoms with E-state index >= 15 is 0 Å². The summed E-state index contributed by atoms with van der Waals surface area (Å²) in [7, 11) is 22.3. The van der Waals surface area contributed by atoms with Crippen LogP contribution in [0.4, 0.5) is 0 Å². The maximum atomic E-state index is 5.59. The first-order chi connectivity index (χ1) is 22.2. The van der Waals surface area contributed by atoms with Crippen molar-refractivity contribution in [3.63, 3.8) is 0 Å². The van der Waals surface area contributed by atoms with Crippen molar-refractivity contribution < 1.29 is 0 Å². The highest BCUT2D eigenvalue weighted by atomic mass is 14.2. The number of hydrogen-bond donors (Lipinski definition) is 0. The zero-order chi connectivity index (χ0) is 46.1. The summed E-state index contributed by atoms with van der Waals surface area (Å²) in [6.45, 7) is 71.7. The van der Waals surface area contributed by atoms with Crippen LogP contribution in [0.3, 0.4) is 0 Å². The van der Waals surface area contributed by atoms with Gasteiger partial charge >= 0.3 is 0 Å². The topological polar surface area (TPSA) is 0 Å². The highest BCUT2D eigenvalue weighted by Crippen LogP contribution is 2.38. The van der Waals surface area contributed by atoms with Gasteiger partial charge in [-0.15, -0.1) is 0 Å². The van der Waals surface area contributed by atoms with Gasteiger partial charge in [0.25, 0.3) is 0 Å². The van der Waals surface area contributed by atoms with Crippen molar-refractivity contribution in [1.82, 2.24) is 0 Å². The molecule has 0 amide bonds. The predicted octanol–water partition coefficient (Wildman–Crippen LogP) is 18.0. The molecule has 53 heavy (non-hydrogen) atoms. The van der Waals surface area contributed by atoms with Crippen molar-refractivity contribution in [3.8, 4) is 0 Å². The zero-order valence-corrected chi connectivity index (χ0v) is 44.4. The summed E-state index contributed by atoms with van der Waals surface area (Å²) in [5.74, 6) is 1.45. The average molecular weight is 743 g/mol. The van der Waals surface area contributed by atoms with Gasteiger partial charge in [0.1, 0.15) is 0 Å². The van der Waals surface area contributed by atoms with Crippen molar-refractivity contribution >= 4 is 31.4 Å². The summed E-state index contributed by atoms with van der Waals surface area (Å²) in [6, 6.07) is 0. The first kappa shape index (κ1) is 71.0. The Morgan fingerprint density at radius 2 is 0.566 bits per heavy atom. The van der Waals surface area contributed by atoms with Crippen LogP contribution in [0.25, 0.3) is 0 Å². The largest absolute Gasteiger partial charge is 0.0970 e. The van der Waals surface area contributed by atoms with E-state index in [1.807, 2.05) is 41.5 Å². The molecule has 318 valence electrons. The minimum atomic E-state index is -0.562. The molecule has 0 aliphatic rings. The van der Waals surface area contributed by atoms with Crippen molar-refractivity contribution in [2.24, 2.45) is 49.2 Å². The zero-order valence-electron chi connectivity index (χ0n) is 44.4. The van der Waals surface area contributed by atoms with Crippen LogP contribution < -0.4 is 0 Å². The molecule has 3 atom stereocenters. The Hall–Kier alpha value is 0.260. The Labute approximate surface area is 350 Å². The Bertz CT molecular complexity index is 690. The fraction of sp³-hybridized carbons (Fsp3) is 1.00. The molecule has 0 saturated heterocycles. The lowest BCUT2D eigenvalue weighted by Crippen LogP contribution is -2.26.